The smallest absolute Gasteiger partial charge is 0.354 e. The number of aromatic nitrogens is 1. The molecule has 1 atom stereocenters. The van der Waals surface area contributed by atoms with Crippen LogP contribution in [0.15, 0.2) is 12.3 Å². The first-order chi connectivity index (χ1) is 8.85. The molecule has 19 heavy (non-hydrogen) atoms. The molecule has 0 spiro atoms. The van der Waals surface area contributed by atoms with Crippen LogP contribution in [-0.2, 0) is 11.3 Å². The van der Waals surface area contributed by atoms with Gasteiger partial charge >= 0.3 is 5.97 Å². The molecule has 0 radical (unpaired) electrons. The van der Waals surface area contributed by atoms with Gasteiger partial charge in [0.15, 0.2) is 0 Å². The van der Waals surface area contributed by atoms with Crippen LogP contribution < -0.4 is 5.32 Å². The summed E-state index contributed by atoms with van der Waals surface area (Å²) in [7, 11) is 1.35. The van der Waals surface area contributed by atoms with Crippen molar-refractivity contribution in [3.8, 4) is 0 Å². The Bertz CT molecular complexity index is 407. The van der Waals surface area contributed by atoms with Crippen molar-refractivity contribution >= 4 is 5.97 Å². The maximum atomic E-state index is 11.3. The second-order valence-electron chi connectivity index (χ2n) is 5.94. The number of hydrogen-bond acceptors (Lipinski definition) is 4. The van der Waals surface area contributed by atoms with Crippen LogP contribution in [0.3, 0.4) is 0 Å². The normalized spacial score (nSPS) is 13.3. The molecular weight excluding hydrogens is 244 g/mol. The van der Waals surface area contributed by atoms with Gasteiger partial charge in [-0.15, -0.1) is 0 Å². The summed E-state index contributed by atoms with van der Waals surface area (Å²) in [5, 5.41) is 12.6. The van der Waals surface area contributed by atoms with Gasteiger partial charge < -0.3 is 20.1 Å². The first kappa shape index (κ1) is 15.7. The molecule has 0 amide bonds. The van der Waals surface area contributed by atoms with Gasteiger partial charge in [0.25, 0.3) is 0 Å². The van der Waals surface area contributed by atoms with Crippen molar-refractivity contribution in [1.82, 2.24) is 10.3 Å². The van der Waals surface area contributed by atoms with Crippen LogP contribution in [0.25, 0.3) is 0 Å². The monoisotopic (exact) mass is 268 g/mol. The minimum absolute atomic E-state index is 0.0523. The van der Waals surface area contributed by atoms with Gasteiger partial charge in [0.05, 0.1) is 13.7 Å². The number of methoxy groups -OCH3 is 1. The molecule has 108 valence electrons. The maximum absolute atomic E-state index is 11.3. The van der Waals surface area contributed by atoms with Crippen LogP contribution in [0.2, 0.25) is 0 Å². The lowest BCUT2D eigenvalue weighted by atomic mass is 9.88. The van der Waals surface area contributed by atoms with Crippen LogP contribution in [0.1, 0.15) is 43.2 Å². The van der Waals surface area contributed by atoms with E-state index in [1.807, 2.05) is 0 Å². The van der Waals surface area contributed by atoms with Crippen LogP contribution >= 0.6 is 0 Å². The zero-order valence-electron chi connectivity index (χ0n) is 12.1. The number of aliphatic hydroxyl groups excluding tert-OH is 1. The van der Waals surface area contributed by atoms with Gasteiger partial charge in [-0.2, -0.15) is 0 Å². The zero-order chi connectivity index (χ0) is 14.5. The molecule has 3 N–H and O–H groups in total. The van der Waals surface area contributed by atoms with E-state index in [1.165, 1.54) is 7.11 Å². The molecule has 0 aliphatic heterocycles. The van der Waals surface area contributed by atoms with E-state index in [2.05, 4.69) is 35.8 Å². The zero-order valence-corrected chi connectivity index (χ0v) is 12.1. The molecule has 0 aliphatic rings. The van der Waals surface area contributed by atoms with E-state index in [0.29, 0.717) is 12.2 Å². The summed E-state index contributed by atoms with van der Waals surface area (Å²) >= 11 is 0. The third kappa shape index (κ3) is 5.44. The van der Waals surface area contributed by atoms with Crippen molar-refractivity contribution in [2.75, 3.05) is 13.7 Å². The summed E-state index contributed by atoms with van der Waals surface area (Å²) in [6.45, 7) is 7.13. The van der Waals surface area contributed by atoms with Gasteiger partial charge in [0.2, 0.25) is 0 Å². The predicted octanol–water partition coefficient (Wildman–Crippen LogP) is 1.69. The fraction of sp³-hybridized carbons (Fsp3) is 0.643. The van der Waals surface area contributed by atoms with E-state index in [1.54, 1.807) is 12.3 Å². The fourth-order valence-corrected chi connectivity index (χ4v) is 1.97. The Hall–Kier alpha value is -1.33. The van der Waals surface area contributed by atoms with E-state index >= 15 is 0 Å². The molecular formula is C14H24N2O3. The topological polar surface area (TPSA) is 74.3 Å². The average molecular weight is 268 g/mol. The number of hydrogen-bond donors (Lipinski definition) is 3. The highest BCUT2D eigenvalue weighted by Gasteiger charge is 2.18. The van der Waals surface area contributed by atoms with Gasteiger partial charge in [-0.25, -0.2) is 4.79 Å². The molecule has 5 heteroatoms. The predicted molar refractivity (Wildman–Crippen MR) is 73.9 cm³/mol. The Kier molecular flexibility index (Phi) is 5.57. The third-order valence-corrected chi connectivity index (χ3v) is 2.82. The molecule has 0 fully saturated rings. The quantitative estimate of drug-likeness (QED) is 0.686. The Morgan fingerprint density at radius 1 is 1.53 bits per heavy atom. The molecule has 1 rings (SSSR count). The Labute approximate surface area is 114 Å². The Morgan fingerprint density at radius 3 is 2.74 bits per heavy atom. The van der Waals surface area contributed by atoms with Gasteiger partial charge in [0, 0.05) is 18.8 Å². The number of H-pyrrole nitrogens is 1. The number of esters is 1. The summed E-state index contributed by atoms with van der Waals surface area (Å²) in [4.78, 5) is 14.2. The summed E-state index contributed by atoms with van der Waals surface area (Å²) in [6, 6.07) is 1.81. The first-order valence-electron chi connectivity index (χ1n) is 6.45. The number of aliphatic hydroxyl groups is 1. The van der Waals surface area contributed by atoms with E-state index in [4.69, 9.17) is 0 Å². The van der Waals surface area contributed by atoms with Crippen molar-refractivity contribution in [2.24, 2.45) is 5.41 Å². The second kappa shape index (κ2) is 6.73. The molecule has 0 bridgehead atoms. The summed E-state index contributed by atoms with van der Waals surface area (Å²) in [6.07, 6.45) is 2.66. The highest BCUT2D eigenvalue weighted by molar-refractivity contribution is 5.87. The fourth-order valence-electron chi connectivity index (χ4n) is 1.97. The van der Waals surface area contributed by atoms with Crippen LogP contribution in [0.5, 0.6) is 0 Å². The molecule has 1 aromatic rings. The molecule has 1 heterocycles. The minimum Gasteiger partial charge on any atom is -0.464 e. The molecule has 0 saturated carbocycles. The molecule has 1 aromatic heterocycles. The molecule has 1 unspecified atom stereocenters. The van der Waals surface area contributed by atoms with Crippen molar-refractivity contribution in [3.63, 3.8) is 0 Å². The number of carbonyl (C=O) groups is 1. The molecule has 0 aliphatic carbocycles. The van der Waals surface area contributed by atoms with Gasteiger partial charge in [-0.05, 0) is 23.5 Å². The number of ether oxygens (including phenoxy) is 1. The summed E-state index contributed by atoms with van der Waals surface area (Å²) < 4.78 is 4.63. The number of carbonyl (C=O) groups excluding carboxylic acids is 1. The largest absolute Gasteiger partial charge is 0.464 e. The number of nitrogens with one attached hydrogen (secondary N) is 2. The average Bonchev–Trinajstić information content (AvgIpc) is 2.80. The maximum Gasteiger partial charge on any atom is 0.354 e. The SMILES string of the molecule is COC(=O)c1cc(CNC(CO)CC(C)(C)C)c[nH]1. The minimum atomic E-state index is -0.375. The van der Waals surface area contributed by atoms with E-state index in [0.717, 1.165) is 12.0 Å². The van der Waals surface area contributed by atoms with Crippen LogP contribution in [-0.4, -0.2) is 35.8 Å². The van der Waals surface area contributed by atoms with Gasteiger partial charge in [0.1, 0.15) is 5.69 Å². The Morgan fingerprint density at radius 2 is 2.21 bits per heavy atom. The highest BCUT2D eigenvalue weighted by Crippen LogP contribution is 2.20. The van der Waals surface area contributed by atoms with E-state index in [-0.39, 0.29) is 24.0 Å². The van der Waals surface area contributed by atoms with E-state index < -0.39 is 0 Å². The van der Waals surface area contributed by atoms with Crippen molar-refractivity contribution in [3.05, 3.63) is 23.5 Å². The van der Waals surface area contributed by atoms with Crippen LogP contribution in [0, 0.1) is 5.41 Å². The highest BCUT2D eigenvalue weighted by atomic mass is 16.5. The van der Waals surface area contributed by atoms with Crippen molar-refractivity contribution in [2.45, 2.75) is 39.8 Å². The summed E-state index contributed by atoms with van der Waals surface area (Å²) in [5.41, 5.74) is 1.57. The number of aromatic amines is 1. The number of rotatable bonds is 6. The lowest BCUT2D eigenvalue weighted by molar-refractivity contribution is 0.0595. The van der Waals surface area contributed by atoms with Gasteiger partial charge in [-0.3, -0.25) is 0 Å². The van der Waals surface area contributed by atoms with Crippen molar-refractivity contribution < 1.29 is 14.6 Å². The van der Waals surface area contributed by atoms with E-state index in [9.17, 15) is 9.90 Å². The van der Waals surface area contributed by atoms with Gasteiger partial charge in [-0.1, -0.05) is 20.8 Å². The molecule has 5 nitrogen and oxygen atoms in total. The lowest BCUT2D eigenvalue weighted by Crippen LogP contribution is -2.35. The third-order valence-electron chi connectivity index (χ3n) is 2.82. The lowest BCUT2D eigenvalue weighted by Gasteiger charge is -2.25. The molecule has 0 saturated heterocycles. The standard InChI is InChI=1S/C14H24N2O3/c1-14(2,3)6-11(9-17)15-7-10-5-12(16-8-10)13(18)19-4/h5,8,11,15-17H,6-7,9H2,1-4H3. The molecule has 0 aromatic carbocycles. The van der Waals surface area contributed by atoms with Crippen molar-refractivity contribution in [1.29, 1.82) is 0 Å². The van der Waals surface area contributed by atoms with Crippen LogP contribution in [0.4, 0.5) is 0 Å². The Balaban J connectivity index is 2.51. The first-order valence-corrected chi connectivity index (χ1v) is 6.45. The second-order valence-corrected chi connectivity index (χ2v) is 5.94. The summed E-state index contributed by atoms with van der Waals surface area (Å²) in [5.74, 6) is -0.375.